The molecule has 0 bridgehead atoms. The average molecular weight is 501 g/mol. The number of ether oxygens (including phenoxy) is 1. The van der Waals surface area contributed by atoms with Crippen molar-refractivity contribution in [3.63, 3.8) is 0 Å². The number of fused-ring (bicyclic) bond motifs is 1. The summed E-state index contributed by atoms with van der Waals surface area (Å²) in [5.74, 6) is -1.27. The van der Waals surface area contributed by atoms with Crippen LogP contribution >= 0.6 is 15.9 Å². The normalized spacial score (nSPS) is 12.5. The summed E-state index contributed by atoms with van der Waals surface area (Å²) in [7, 11) is 0. The van der Waals surface area contributed by atoms with Gasteiger partial charge in [0, 0.05) is 15.9 Å². The van der Waals surface area contributed by atoms with E-state index in [1.807, 2.05) is 19.1 Å². The van der Waals surface area contributed by atoms with Gasteiger partial charge in [0.15, 0.2) is 6.10 Å². The quantitative estimate of drug-likeness (QED) is 0.464. The van der Waals surface area contributed by atoms with Crippen LogP contribution in [0, 0.1) is 12.7 Å². The first-order valence-electron chi connectivity index (χ1n) is 9.02. The van der Waals surface area contributed by atoms with Crippen molar-refractivity contribution in [2.75, 3.05) is 11.9 Å². The molecule has 0 saturated heterocycles. The lowest BCUT2D eigenvalue weighted by molar-refractivity contribution is -0.142. The number of aryl methyl sites for hydroxylation is 1. The van der Waals surface area contributed by atoms with Crippen molar-refractivity contribution in [2.45, 2.75) is 26.1 Å². The van der Waals surface area contributed by atoms with Gasteiger partial charge in [0.1, 0.15) is 30.3 Å². The van der Waals surface area contributed by atoms with Crippen LogP contribution < -0.4 is 15.4 Å². The molecule has 1 amide bonds. The van der Waals surface area contributed by atoms with Gasteiger partial charge in [-0.1, -0.05) is 15.9 Å². The Morgan fingerprint density at radius 3 is 2.68 bits per heavy atom. The van der Waals surface area contributed by atoms with E-state index in [2.05, 4.69) is 31.2 Å². The highest BCUT2D eigenvalue weighted by Gasteiger charge is 2.29. The largest absolute Gasteiger partial charge is 0.479 e. The van der Waals surface area contributed by atoms with Crippen LogP contribution in [-0.2, 0) is 4.79 Å². The minimum atomic E-state index is -4.55. The van der Waals surface area contributed by atoms with Crippen LogP contribution in [0.2, 0.25) is 0 Å². The number of rotatable bonds is 6. The van der Waals surface area contributed by atoms with Gasteiger partial charge in [-0.2, -0.15) is 13.2 Å². The number of hydrogen-bond acceptors (Lipinski definition) is 5. The molecule has 1 atom stereocenters. The maximum Gasteiger partial charge on any atom is 0.405 e. The van der Waals surface area contributed by atoms with Crippen LogP contribution in [-0.4, -0.2) is 34.7 Å². The van der Waals surface area contributed by atoms with E-state index in [0.29, 0.717) is 11.3 Å². The van der Waals surface area contributed by atoms with Gasteiger partial charge in [0.25, 0.3) is 5.91 Å². The molecule has 0 saturated carbocycles. The van der Waals surface area contributed by atoms with Gasteiger partial charge in [0.05, 0.1) is 11.2 Å². The SMILES string of the molecule is Cc1cc(Br)cc2ncnc(Nc3ccc(F)cc3O[C@H](C)C(=O)NCC(F)(F)F)c12. The smallest absolute Gasteiger partial charge is 0.405 e. The number of amides is 1. The molecule has 0 aliphatic heterocycles. The number of nitrogens with one attached hydrogen (secondary N) is 2. The number of hydrogen-bond donors (Lipinski definition) is 2. The van der Waals surface area contributed by atoms with Crippen LogP contribution in [0.5, 0.6) is 5.75 Å². The molecule has 11 heteroatoms. The van der Waals surface area contributed by atoms with E-state index in [-0.39, 0.29) is 11.4 Å². The molecule has 6 nitrogen and oxygen atoms in total. The van der Waals surface area contributed by atoms with Crippen LogP contribution in [0.1, 0.15) is 12.5 Å². The fraction of sp³-hybridized carbons (Fsp3) is 0.250. The van der Waals surface area contributed by atoms with E-state index in [4.69, 9.17) is 4.74 Å². The fourth-order valence-corrected chi connectivity index (χ4v) is 3.40. The number of benzene rings is 2. The third-order valence-electron chi connectivity index (χ3n) is 4.23. The Hall–Kier alpha value is -2.95. The second-order valence-electron chi connectivity index (χ2n) is 6.70. The van der Waals surface area contributed by atoms with Crippen molar-refractivity contribution in [2.24, 2.45) is 0 Å². The van der Waals surface area contributed by atoms with Gasteiger partial charge in [-0.05, 0) is 43.7 Å². The van der Waals surface area contributed by atoms with E-state index in [1.54, 1.807) is 5.32 Å². The Balaban J connectivity index is 1.88. The van der Waals surface area contributed by atoms with Crippen molar-refractivity contribution < 1.29 is 27.1 Å². The number of aromatic nitrogens is 2. The summed E-state index contributed by atoms with van der Waals surface area (Å²) in [6.07, 6.45) is -4.50. The number of carbonyl (C=O) groups is 1. The number of anilines is 2. The highest BCUT2D eigenvalue weighted by molar-refractivity contribution is 9.10. The first kappa shape index (κ1) is 22.7. The molecular formula is C20H17BrF4N4O2. The number of halogens is 5. The Bertz CT molecular complexity index is 1120. The summed E-state index contributed by atoms with van der Waals surface area (Å²) in [5, 5.41) is 5.49. The molecular weight excluding hydrogens is 484 g/mol. The highest BCUT2D eigenvalue weighted by Crippen LogP contribution is 2.33. The summed E-state index contributed by atoms with van der Waals surface area (Å²) >= 11 is 3.41. The number of carbonyl (C=O) groups excluding carboxylic acids is 1. The zero-order chi connectivity index (χ0) is 22.8. The molecule has 1 heterocycles. The molecule has 0 unspecified atom stereocenters. The second-order valence-corrected chi connectivity index (χ2v) is 7.61. The standard InChI is InChI=1S/C20H17BrF4N4O2/c1-10-5-12(21)6-15-17(10)18(28-9-27-15)29-14-4-3-13(22)7-16(14)31-11(2)19(30)26-8-20(23,24)25/h3-7,9,11H,8H2,1-2H3,(H,26,30)(H,27,28,29)/t11-/m1/s1. The molecule has 0 radical (unpaired) electrons. The summed E-state index contributed by atoms with van der Waals surface area (Å²) in [6, 6.07) is 7.28. The lowest BCUT2D eigenvalue weighted by Gasteiger charge is -2.19. The molecule has 1 aromatic heterocycles. The third kappa shape index (κ3) is 5.81. The monoisotopic (exact) mass is 500 g/mol. The topological polar surface area (TPSA) is 76.1 Å². The average Bonchev–Trinajstić information content (AvgIpc) is 2.67. The van der Waals surface area contributed by atoms with Crippen LogP contribution in [0.25, 0.3) is 10.9 Å². The van der Waals surface area contributed by atoms with Gasteiger partial charge < -0.3 is 15.4 Å². The van der Waals surface area contributed by atoms with Crippen molar-refractivity contribution in [1.29, 1.82) is 0 Å². The Kier molecular flexibility index (Phi) is 6.63. The number of nitrogens with zero attached hydrogens (tertiary/aromatic N) is 2. The summed E-state index contributed by atoms with van der Waals surface area (Å²) < 4.78 is 57.1. The molecule has 31 heavy (non-hydrogen) atoms. The van der Waals surface area contributed by atoms with E-state index in [9.17, 15) is 22.4 Å². The van der Waals surface area contributed by atoms with Gasteiger partial charge in [-0.3, -0.25) is 4.79 Å². The summed E-state index contributed by atoms with van der Waals surface area (Å²) in [6.45, 7) is 1.65. The van der Waals surface area contributed by atoms with E-state index >= 15 is 0 Å². The zero-order valence-corrected chi connectivity index (χ0v) is 17.9. The summed E-state index contributed by atoms with van der Waals surface area (Å²) in [4.78, 5) is 20.4. The first-order valence-corrected chi connectivity index (χ1v) is 9.81. The fourth-order valence-electron chi connectivity index (χ4n) is 2.84. The van der Waals surface area contributed by atoms with E-state index in [0.717, 1.165) is 21.5 Å². The molecule has 2 N–H and O–H groups in total. The van der Waals surface area contributed by atoms with Crippen molar-refractivity contribution in [1.82, 2.24) is 15.3 Å². The predicted molar refractivity (Wildman–Crippen MR) is 111 cm³/mol. The first-order chi connectivity index (χ1) is 14.5. The van der Waals surface area contributed by atoms with Crippen LogP contribution in [0.4, 0.5) is 29.1 Å². The van der Waals surface area contributed by atoms with Gasteiger partial charge in [0.2, 0.25) is 0 Å². The van der Waals surface area contributed by atoms with E-state index in [1.165, 1.54) is 25.4 Å². The van der Waals surface area contributed by atoms with Gasteiger partial charge in [-0.15, -0.1) is 0 Å². The minimum Gasteiger partial charge on any atom is -0.479 e. The second kappa shape index (κ2) is 9.04. The van der Waals surface area contributed by atoms with Crippen molar-refractivity contribution in [3.8, 4) is 5.75 Å². The highest BCUT2D eigenvalue weighted by atomic mass is 79.9. The van der Waals surface area contributed by atoms with E-state index < -0.39 is 30.5 Å². The molecule has 0 spiro atoms. The summed E-state index contributed by atoms with van der Waals surface area (Å²) in [5.41, 5.74) is 1.81. The van der Waals surface area contributed by atoms with Gasteiger partial charge >= 0.3 is 6.18 Å². The predicted octanol–water partition coefficient (Wildman–Crippen LogP) is 5.03. The zero-order valence-electron chi connectivity index (χ0n) is 16.3. The molecule has 0 fully saturated rings. The lowest BCUT2D eigenvalue weighted by Crippen LogP contribution is -2.41. The molecule has 0 aliphatic rings. The maximum absolute atomic E-state index is 13.8. The molecule has 3 rings (SSSR count). The lowest BCUT2D eigenvalue weighted by atomic mass is 10.1. The molecule has 2 aromatic carbocycles. The molecule has 164 valence electrons. The third-order valence-corrected chi connectivity index (χ3v) is 4.69. The van der Waals surface area contributed by atoms with Crippen LogP contribution in [0.3, 0.4) is 0 Å². The molecule has 3 aromatic rings. The Labute approximate surface area is 183 Å². The van der Waals surface area contributed by atoms with Crippen molar-refractivity contribution >= 4 is 44.2 Å². The maximum atomic E-state index is 13.8. The number of alkyl halides is 3. The Morgan fingerprint density at radius 2 is 1.97 bits per heavy atom. The molecule has 0 aliphatic carbocycles. The Morgan fingerprint density at radius 1 is 1.23 bits per heavy atom. The van der Waals surface area contributed by atoms with Crippen LogP contribution in [0.15, 0.2) is 41.1 Å². The minimum absolute atomic E-state index is 0.0591. The van der Waals surface area contributed by atoms with Crippen molar-refractivity contribution in [3.05, 3.63) is 52.5 Å². The van der Waals surface area contributed by atoms with Gasteiger partial charge in [-0.25, -0.2) is 14.4 Å².